The molecule has 0 aliphatic carbocycles. The van der Waals surface area contributed by atoms with Crippen molar-refractivity contribution in [3.05, 3.63) is 0 Å². The van der Waals surface area contributed by atoms with Crippen molar-refractivity contribution in [3.63, 3.8) is 0 Å². The average Bonchev–Trinajstić information content (AvgIpc) is 2.58. The Kier molecular flexibility index (Phi) is 13.0. The highest BCUT2D eigenvalue weighted by Gasteiger charge is 2.34. The van der Waals surface area contributed by atoms with E-state index in [1.807, 2.05) is 13.8 Å². The van der Waals surface area contributed by atoms with E-state index in [1.165, 1.54) is 0 Å². The van der Waals surface area contributed by atoms with E-state index in [9.17, 15) is 22.6 Å². The predicted molar refractivity (Wildman–Crippen MR) is 106 cm³/mol. The molecule has 0 radical (unpaired) electrons. The molecule has 0 heterocycles. The summed E-state index contributed by atoms with van der Waals surface area (Å²) in [5.74, 6) is -0.446. The molecular formula is C20H38O5S. The van der Waals surface area contributed by atoms with Crippen LogP contribution in [0.5, 0.6) is 0 Å². The largest absolute Gasteiger partial charge is 0.300 e. The molecule has 0 rings (SSSR count). The molecule has 0 aliphatic heterocycles. The van der Waals surface area contributed by atoms with Gasteiger partial charge in [-0.05, 0) is 11.8 Å². The molecule has 0 bridgehead atoms. The number of hydrogen-bond acceptors (Lipinski definition) is 4. The van der Waals surface area contributed by atoms with Crippen LogP contribution in [0.15, 0.2) is 0 Å². The van der Waals surface area contributed by atoms with Gasteiger partial charge >= 0.3 is 0 Å². The molecule has 0 aromatic carbocycles. The second-order valence-corrected chi connectivity index (χ2v) is 9.05. The van der Waals surface area contributed by atoms with Gasteiger partial charge in [0, 0.05) is 19.3 Å². The fraction of sp³-hybridized carbons (Fsp3) is 0.900. The molecule has 5 nitrogen and oxygen atoms in total. The SMILES string of the molecule is CCCCC(CC)CC(=O)CC(C(=O)CC(CC)CCCC)S(=O)(=O)O. The van der Waals surface area contributed by atoms with Gasteiger partial charge in [0.2, 0.25) is 0 Å². The standard InChI is InChI=1S/C20H38O5S/c1-5-9-11-16(7-3)13-18(21)15-20(26(23,24)25)19(22)14-17(8-4)12-10-6-2/h16-17,20H,5-15H2,1-4H3,(H,23,24,25). The first-order chi connectivity index (χ1) is 12.2. The molecule has 0 aromatic rings. The zero-order valence-corrected chi connectivity index (χ0v) is 17.8. The molecule has 0 fully saturated rings. The van der Waals surface area contributed by atoms with Crippen LogP contribution in [0, 0.1) is 11.8 Å². The minimum Gasteiger partial charge on any atom is -0.300 e. The smallest absolute Gasteiger partial charge is 0.275 e. The van der Waals surface area contributed by atoms with Crippen LogP contribution in [0.2, 0.25) is 0 Å². The van der Waals surface area contributed by atoms with Gasteiger partial charge in [-0.3, -0.25) is 14.1 Å². The van der Waals surface area contributed by atoms with Gasteiger partial charge in [-0.2, -0.15) is 8.42 Å². The van der Waals surface area contributed by atoms with Gasteiger partial charge < -0.3 is 0 Å². The summed E-state index contributed by atoms with van der Waals surface area (Å²) in [5.41, 5.74) is 0. The zero-order valence-electron chi connectivity index (χ0n) is 17.0. The Labute approximate surface area is 160 Å². The Hall–Kier alpha value is -0.750. The Morgan fingerprint density at radius 1 is 0.808 bits per heavy atom. The van der Waals surface area contributed by atoms with Crippen molar-refractivity contribution in [1.82, 2.24) is 0 Å². The molecule has 1 N–H and O–H groups in total. The van der Waals surface area contributed by atoms with Gasteiger partial charge in [0.1, 0.15) is 5.78 Å². The van der Waals surface area contributed by atoms with Crippen LogP contribution < -0.4 is 0 Å². The third-order valence-electron chi connectivity index (χ3n) is 5.22. The van der Waals surface area contributed by atoms with Crippen molar-refractivity contribution >= 4 is 21.7 Å². The van der Waals surface area contributed by atoms with Crippen molar-refractivity contribution in [2.45, 2.75) is 104 Å². The molecule has 0 amide bonds. The van der Waals surface area contributed by atoms with Crippen molar-refractivity contribution in [2.24, 2.45) is 11.8 Å². The van der Waals surface area contributed by atoms with Gasteiger partial charge in [-0.15, -0.1) is 0 Å². The maximum atomic E-state index is 12.5. The zero-order chi connectivity index (χ0) is 20.2. The first-order valence-electron chi connectivity index (χ1n) is 10.2. The molecule has 3 atom stereocenters. The first-order valence-corrected chi connectivity index (χ1v) is 11.7. The number of rotatable bonds is 16. The van der Waals surface area contributed by atoms with Gasteiger partial charge in [-0.1, -0.05) is 79.1 Å². The minimum atomic E-state index is -4.56. The van der Waals surface area contributed by atoms with Crippen LogP contribution in [-0.2, 0) is 19.7 Å². The third-order valence-corrected chi connectivity index (χ3v) is 6.37. The van der Waals surface area contributed by atoms with Crippen molar-refractivity contribution in [1.29, 1.82) is 0 Å². The minimum absolute atomic E-state index is 0.106. The van der Waals surface area contributed by atoms with E-state index in [4.69, 9.17) is 0 Å². The Balaban J connectivity index is 4.93. The van der Waals surface area contributed by atoms with E-state index in [2.05, 4.69) is 13.8 Å². The molecule has 154 valence electrons. The lowest BCUT2D eigenvalue weighted by Gasteiger charge is -2.19. The van der Waals surface area contributed by atoms with E-state index in [0.29, 0.717) is 0 Å². The molecular weight excluding hydrogens is 352 g/mol. The maximum Gasteiger partial charge on any atom is 0.275 e. The fourth-order valence-electron chi connectivity index (χ4n) is 3.30. The van der Waals surface area contributed by atoms with E-state index in [0.717, 1.165) is 51.4 Å². The second kappa shape index (κ2) is 13.4. The summed E-state index contributed by atoms with van der Waals surface area (Å²) in [5, 5.41) is -1.60. The summed E-state index contributed by atoms with van der Waals surface area (Å²) in [7, 11) is -4.56. The Morgan fingerprint density at radius 2 is 1.27 bits per heavy atom. The average molecular weight is 391 g/mol. The number of ketones is 2. The van der Waals surface area contributed by atoms with Crippen LogP contribution in [0.4, 0.5) is 0 Å². The summed E-state index contributed by atoms with van der Waals surface area (Å²) in [6.45, 7) is 8.14. The van der Waals surface area contributed by atoms with Gasteiger partial charge in [0.05, 0.1) is 0 Å². The third kappa shape index (κ3) is 10.4. The van der Waals surface area contributed by atoms with Crippen molar-refractivity contribution in [3.8, 4) is 0 Å². The topological polar surface area (TPSA) is 88.5 Å². The van der Waals surface area contributed by atoms with Gasteiger partial charge in [0.25, 0.3) is 10.1 Å². The van der Waals surface area contributed by atoms with Crippen LogP contribution in [0.25, 0.3) is 0 Å². The second-order valence-electron chi connectivity index (χ2n) is 7.45. The van der Waals surface area contributed by atoms with Crippen LogP contribution in [0.3, 0.4) is 0 Å². The van der Waals surface area contributed by atoms with Crippen LogP contribution in [0.1, 0.15) is 98.3 Å². The highest BCUT2D eigenvalue weighted by atomic mass is 32.2. The molecule has 26 heavy (non-hydrogen) atoms. The monoisotopic (exact) mass is 390 g/mol. The quantitative estimate of drug-likeness (QED) is 0.375. The highest BCUT2D eigenvalue weighted by Crippen LogP contribution is 2.23. The van der Waals surface area contributed by atoms with Crippen LogP contribution in [-0.4, -0.2) is 29.8 Å². The molecule has 3 unspecified atom stereocenters. The van der Waals surface area contributed by atoms with Gasteiger partial charge in [0.15, 0.2) is 11.0 Å². The summed E-state index contributed by atoms with van der Waals surface area (Å²) < 4.78 is 32.9. The molecule has 0 saturated heterocycles. The fourth-order valence-corrected chi connectivity index (χ4v) is 4.12. The summed E-state index contributed by atoms with van der Waals surface area (Å²) in [6, 6.07) is 0. The number of unbranched alkanes of at least 4 members (excludes halogenated alkanes) is 2. The first kappa shape index (κ1) is 25.2. The van der Waals surface area contributed by atoms with Gasteiger partial charge in [-0.25, -0.2) is 0 Å². The molecule has 6 heteroatoms. The number of carbonyl (C=O) groups is 2. The van der Waals surface area contributed by atoms with E-state index < -0.39 is 27.6 Å². The van der Waals surface area contributed by atoms with E-state index in [-0.39, 0.29) is 30.5 Å². The van der Waals surface area contributed by atoms with Crippen LogP contribution >= 0.6 is 0 Å². The maximum absolute atomic E-state index is 12.5. The predicted octanol–water partition coefficient (Wildman–Crippen LogP) is 4.98. The Morgan fingerprint density at radius 3 is 1.65 bits per heavy atom. The van der Waals surface area contributed by atoms with E-state index >= 15 is 0 Å². The molecule has 0 aliphatic rings. The van der Waals surface area contributed by atoms with E-state index in [1.54, 1.807) is 0 Å². The normalized spacial score (nSPS) is 15.4. The number of carbonyl (C=O) groups excluding carboxylic acids is 2. The highest BCUT2D eigenvalue weighted by molar-refractivity contribution is 7.87. The Bertz CT molecular complexity index is 512. The number of Topliss-reactive ketones (excluding diaryl/α,β-unsaturated/α-hetero) is 2. The lowest BCUT2D eigenvalue weighted by atomic mass is 9.90. The lowest BCUT2D eigenvalue weighted by Crippen LogP contribution is -2.34. The van der Waals surface area contributed by atoms with Crippen molar-refractivity contribution < 1.29 is 22.6 Å². The lowest BCUT2D eigenvalue weighted by molar-refractivity contribution is -0.125. The molecule has 0 saturated carbocycles. The summed E-state index contributed by atoms with van der Waals surface area (Å²) >= 11 is 0. The summed E-state index contributed by atoms with van der Waals surface area (Å²) in [4.78, 5) is 24.8. The molecule has 0 aromatic heterocycles. The number of hydrogen-bond donors (Lipinski definition) is 1. The van der Waals surface area contributed by atoms with Crippen molar-refractivity contribution in [2.75, 3.05) is 0 Å². The summed E-state index contributed by atoms with van der Waals surface area (Å²) in [6.07, 6.45) is 7.50. The molecule has 0 spiro atoms.